The molecule has 0 spiro atoms. The van der Waals surface area contributed by atoms with Gasteiger partial charge in [-0.3, -0.25) is 4.72 Å². The second kappa shape index (κ2) is 5.28. The first-order chi connectivity index (χ1) is 11.0. The van der Waals surface area contributed by atoms with E-state index in [0.29, 0.717) is 21.8 Å². The Balaban J connectivity index is 1.65. The second-order valence-corrected chi connectivity index (χ2v) is 7.78. The van der Waals surface area contributed by atoms with E-state index in [1.54, 1.807) is 24.3 Å². The standard InChI is InChI=1S/C15H14ClN3O3S/c16-10-4-5-11-12(6-10)17-8-14(11)23(20,21)19-15-7-13(22-18-15)9-2-1-3-9/h4-9,17H,1-3H2,(H,18,19). The lowest BCUT2D eigenvalue weighted by atomic mass is 9.84. The summed E-state index contributed by atoms with van der Waals surface area (Å²) >= 11 is 5.92. The number of fused-ring (bicyclic) bond motifs is 1. The number of benzene rings is 1. The monoisotopic (exact) mass is 351 g/mol. The number of rotatable bonds is 4. The van der Waals surface area contributed by atoms with Gasteiger partial charge in [0.1, 0.15) is 10.7 Å². The molecule has 1 aliphatic rings. The number of nitrogens with one attached hydrogen (secondary N) is 2. The Hall–Kier alpha value is -1.99. The lowest BCUT2D eigenvalue weighted by Gasteiger charge is -2.21. The van der Waals surface area contributed by atoms with E-state index in [4.69, 9.17) is 16.1 Å². The Bertz CT molecular complexity index is 973. The minimum absolute atomic E-state index is 0.150. The summed E-state index contributed by atoms with van der Waals surface area (Å²) in [5, 5.41) is 4.93. The van der Waals surface area contributed by atoms with Crippen LogP contribution in [0.5, 0.6) is 0 Å². The molecule has 3 aromatic rings. The molecular weight excluding hydrogens is 338 g/mol. The highest BCUT2D eigenvalue weighted by Gasteiger charge is 2.26. The average molecular weight is 352 g/mol. The third-order valence-corrected chi connectivity index (χ3v) is 5.80. The first kappa shape index (κ1) is 14.6. The summed E-state index contributed by atoms with van der Waals surface area (Å²) in [5.74, 6) is 1.30. The normalized spacial score (nSPS) is 15.7. The predicted molar refractivity (Wildman–Crippen MR) is 87.2 cm³/mol. The van der Waals surface area contributed by atoms with Crippen LogP contribution in [0.3, 0.4) is 0 Å². The van der Waals surface area contributed by atoms with Crippen molar-refractivity contribution < 1.29 is 12.9 Å². The van der Waals surface area contributed by atoms with Gasteiger partial charge in [-0.15, -0.1) is 0 Å². The number of halogens is 1. The maximum Gasteiger partial charge on any atom is 0.265 e. The summed E-state index contributed by atoms with van der Waals surface area (Å²) in [6, 6.07) is 6.67. The van der Waals surface area contributed by atoms with Gasteiger partial charge < -0.3 is 9.51 Å². The molecule has 1 aromatic carbocycles. The van der Waals surface area contributed by atoms with Crippen molar-refractivity contribution in [2.45, 2.75) is 30.1 Å². The fraction of sp³-hybridized carbons (Fsp3) is 0.267. The summed E-state index contributed by atoms with van der Waals surface area (Å²) < 4.78 is 32.9. The SMILES string of the molecule is O=S(=O)(Nc1cc(C2CCC2)on1)c1c[nH]c2cc(Cl)ccc12. The molecular formula is C15H14ClN3O3S. The van der Waals surface area contributed by atoms with Gasteiger partial charge in [0, 0.05) is 34.1 Å². The van der Waals surface area contributed by atoms with E-state index in [9.17, 15) is 8.42 Å². The number of aromatic nitrogens is 2. The number of nitrogens with zero attached hydrogens (tertiary/aromatic N) is 1. The lowest BCUT2D eigenvalue weighted by molar-refractivity contribution is 0.301. The zero-order valence-corrected chi connectivity index (χ0v) is 13.6. The van der Waals surface area contributed by atoms with Crippen LogP contribution in [-0.2, 0) is 10.0 Å². The number of hydrogen-bond donors (Lipinski definition) is 2. The third kappa shape index (κ3) is 2.60. The summed E-state index contributed by atoms with van der Waals surface area (Å²) in [6.45, 7) is 0. The van der Waals surface area contributed by atoms with E-state index >= 15 is 0 Å². The van der Waals surface area contributed by atoms with E-state index < -0.39 is 10.0 Å². The average Bonchev–Trinajstić information content (AvgIpc) is 3.03. The quantitative estimate of drug-likeness (QED) is 0.746. The van der Waals surface area contributed by atoms with Crippen molar-refractivity contribution in [1.82, 2.24) is 10.1 Å². The molecule has 0 aliphatic heterocycles. The molecule has 0 saturated heterocycles. The second-order valence-electron chi connectivity index (χ2n) is 5.69. The lowest BCUT2D eigenvalue weighted by Crippen LogP contribution is -2.12. The van der Waals surface area contributed by atoms with E-state index in [1.807, 2.05) is 0 Å². The molecule has 0 amide bonds. The highest BCUT2D eigenvalue weighted by atomic mass is 35.5. The minimum atomic E-state index is -3.76. The van der Waals surface area contributed by atoms with Gasteiger partial charge in [-0.05, 0) is 31.0 Å². The van der Waals surface area contributed by atoms with Crippen molar-refractivity contribution in [3.05, 3.63) is 41.2 Å². The van der Waals surface area contributed by atoms with Gasteiger partial charge in [0.05, 0.1) is 0 Å². The molecule has 120 valence electrons. The molecule has 2 heterocycles. The van der Waals surface area contributed by atoms with Crippen molar-refractivity contribution in [2.75, 3.05) is 4.72 Å². The fourth-order valence-electron chi connectivity index (χ4n) is 2.71. The van der Waals surface area contributed by atoms with E-state index in [-0.39, 0.29) is 10.7 Å². The van der Waals surface area contributed by atoms with Crippen LogP contribution in [0.4, 0.5) is 5.82 Å². The zero-order chi connectivity index (χ0) is 16.0. The van der Waals surface area contributed by atoms with Crippen LogP contribution in [0.15, 0.2) is 39.9 Å². The molecule has 0 bridgehead atoms. The van der Waals surface area contributed by atoms with Crippen LogP contribution >= 0.6 is 11.6 Å². The van der Waals surface area contributed by atoms with Crippen molar-refractivity contribution in [3.8, 4) is 0 Å². The van der Waals surface area contributed by atoms with Gasteiger partial charge in [-0.1, -0.05) is 23.2 Å². The number of aromatic amines is 1. The van der Waals surface area contributed by atoms with Crippen LogP contribution in [0, 0.1) is 0 Å². The number of sulfonamides is 1. The molecule has 1 aliphatic carbocycles. The number of anilines is 1. The van der Waals surface area contributed by atoms with Crippen molar-refractivity contribution in [1.29, 1.82) is 0 Å². The van der Waals surface area contributed by atoms with Crippen LogP contribution in [0.1, 0.15) is 30.9 Å². The molecule has 1 saturated carbocycles. The Labute approximate surface area is 137 Å². The minimum Gasteiger partial charge on any atom is -0.360 e. The van der Waals surface area contributed by atoms with E-state index in [2.05, 4.69) is 14.9 Å². The van der Waals surface area contributed by atoms with Crippen LogP contribution in [0.25, 0.3) is 10.9 Å². The summed E-state index contributed by atoms with van der Waals surface area (Å²) in [7, 11) is -3.76. The zero-order valence-electron chi connectivity index (χ0n) is 12.0. The van der Waals surface area contributed by atoms with Gasteiger partial charge in [0.15, 0.2) is 5.82 Å². The Morgan fingerprint density at radius 1 is 1.30 bits per heavy atom. The largest absolute Gasteiger partial charge is 0.360 e. The molecule has 23 heavy (non-hydrogen) atoms. The Morgan fingerprint density at radius 2 is 2.13 bits per heavy atom. The maximum atomic E-state index is 12.6. The number of H-pyrrole nitrogens is 1. The summed E-state index contributed by atoms with van der Waals surface area (Å²) in [4.78, 5) is 3.07. The fourth-order valence-corrected chi connectivity index (χ4v) is 4.04. The molecule has 4 rings (SSSR count). The van der Waals surface area contributed by atoms with E-state index in [1.165, 1.54) is 12.6 Å². The number of hydrogen-bond acceptors (Lipinski definition) is 4. The van der Waals surface area contributed by atoms with Gasteiger partial charge >= 0.3 is 0 Å². The van der Waals surface area contributed by atoms with Crippen LogP contribution in [-0.4, -0.2) is 18.6 Å². The van der Waals surface area contributed by atoms with Gasteiger partial charge in [-0.2, -0.15) is 0 Å². The molecule has 6 nitrogen and oxygen atoms in total. The molecule has 2 aromatic heterocycles. The molecule has 8 heteroatoms. The molecule has 0 radical (unpaired) electrons. The maximum absolute atomic E-state index is 12.6. The van der Waals surface area contributed by atoms with Gasteiger partial charge in [0.2, 0.25) is 0 Å². The van der Waals surface area contributed by atoms with E-state index in [0.717, 1.165) is 18.6 Å². The predicted octanol–water partition coefficient (Wildman–Crippen LogP) is 3.88. The first-order valence-corrected chi connectivity index (χ1v) is 9.15. The summed E-state index contributed by atoms with van der Waals surface area (Å²) in [5.41, 5.74) is 0.660. The van der Waals surface area contributed by atoms with Crippen LogP contribution in [0.2, 0.25) is 5.02 Å². The first-order valence-electron chi connectivity index (χ1n) is 7.29. The highest BCUT2D eigenvalue weighted by molar-refractivity contribution is 7.93. The van der Waals surface area contributed by atoms with Crippen molar-refractivity contribution >= 4 is 38.3 Å². The smallest absolute Gasteiger partial charge is 0.265 e. The topological polar surface area (TPSA) is 88.0 Å². The Kier molecular flexibility index (Phi) is 3.35. The van der Waals surface area contributed by atoms with Crippen LogP contribution < -0.4 is 4.72 Å². The van der Waals surface area contributed by atoms with Crippen molar-refractivity contribution in [3.63, 3.8) is 0 Å². The third-order valence-electron chi connectivity index (χ3n) is 4.17. The summed E-state index contributed by atoms with van der Waals surface area (Å²) in [6.07, 6.45) is 4.73. The van der Waals surface area contributed by atoms with Crippen molar-refractivity contribution in [2.24, 2.45) is 0 Å². The molecule has 0 atom stereocenters. The van der Waals surface area contributed by atoms with Gasteiger partial charge in [0.25, 0.3) is 10.0 Å². The molecule has 1 fully saturated rings. The van der Waals surface area contributed by atoms with Gasteiger partial charge in [-0.25, -0.2) is 8.42 Å². The highest BCUT2D eigenvalue weighted by Crippen LogP contribution is 2.37. The Morgan fingerprint density at radius 3 is 2.87 bits per heavy atom. The molecule has 2 N–H and O–H groups in total. The molecule has 0 unspecified atom stereocenters.